The van der Waals surface area contributed by atoms with Gasteiger partial charge in [-0.15, -0.1) is 0 Å². The van der Waals surface area contributed by atoms with Crippen molar-refractivity contribution < 1.29 is 27.5 Å². The van der Waals surface area contributed by atoms with Crippen LogP contribution in [0.15, 0.2) is 65.6 Å². The third kappa shape index (κ3) is 5.99. The summed E-state index contributed by atoms with van der Waals surface area (Å²) in [5, 5.41) is 2.66. The first kappa shape index (κ1) is 25.8. The zero-order chi connectivity index (χ0) is 25.8. The SMILES string of the molecule is COc1ccccc1NC(=O)C(C)OC(=O)c1ccccc1NS(=O)(=O)c1c(C)cc(C)cc1C. The molecule has 1 atom stereocenters. The molecule has 0 aliphatic rings. The molecular formula is C26H28N2O6S. The minimum absolute atomic E-state index is 0.0181. The number of hydrogen-bond acceptors (Lipinski definition) is 6. The van der Waals surface area contributed by atoms with Gasteiger partial charge in [0.2, 0.25) is 0 Å². The fraction of sp³-hybridized carbons (Fsp3) is 0.231. The van der Waals surface area contributed by atoms with Crippen molar-refractivity contribution in [2.75, 3.05) is 17.1 Å². The summed E-state index contributed by atoms with van der Waals surface area (Å²) in [7, 11) is -2.51. The highest BCUT2D eigenvalue weighted by Gasteiger charge is 2.25. The second-order valence-electron chi connectivity index (χ2n) is 8.12. The highest BCUT2D eigenvalue weighted by molar-refractivity contribution is 7.92. The number of benzene rings is 3. The molecule has 1 amide bonds. The fourth-order valence-electron chi connectivity index (χ4n) is 3.80. The number of hydrogen-bond donors (Lipinski definition) is 2. The van der Waals surface area contributed by atoms with E-state index >= 15 is 0 Å². The highest BCUT2D eigenvalue weighted by atomic mass is 32.2. The van der Waals surface area contributed by atoms with Crippen LogP contribution >= 0.6 is 0 Å². The molecule has 0 saturated heterocycles. The topological polar surface area (TPSA) is 111 Å². The van der Waals surface area contributed by atoms with Crippen molar-refractivity contribution in [3.05, 3.63) is 82.9 Å². The van der Waals surface area contributed by atoms with Gasteiger partial charge in [-0.05, 0) is 63.1 Å². The summed E-state index contributed by atoms with van der Waals surface area (Å²) in [6, 6.07) is 16.5. The van der Waals surface area contributed by atoms with Crippen molar-refractivity contribution >= 4 is 33.3 Å². The smallest absolute Gasteiger partial charge is 0.341 e. The van der Waals surface area contributed by atoms with Gasteiger partial charge in [0.05, 0.1) is 28.9 Å². The maximum absolute atomic E-state index is 13.2. The molecule has 2 N–H and O–H groups in total. The molecule has 0 aliphatic carbocycles. The predicted octanol–water partition coefficient (Wildman–Crippen LogP) is 4.61. The lowest BCUT2D eigenvalue weighted by molar-refractivity contribution is -0.123. The maximum Gasteiger partial charge on any atom is 0.341 e. The summed E-state index contributed by atoms with van der Waals surface area (Å²) >= 11 is 0. The quantitative estimate of drug-likeness (QED) is 0.441. The van der Waals surface area contributed by atoms with E-state index in [1.165, 1.54) is 26.2 Å². The molecule has 184 valence electrons. The third-order valence-corrected chi connectivity index (χ3v) is 6.95. The molecule has 3 aromatic rings. The molecule has 0 saturated carbocycles. The second-order valence-corrected chi connectivity index (χ2v) is 9.74. The van der Waals surface area contributed by atoms with Crippen LogP contribution in [0.1, 0.15) is 34.0 Å². The van der Waals surface area contributed by atoms with Crippen LogP contribution in [-0.2, 0) is 19.6 Å². The van der Waals surface area contributed by atoms with Gasteiger partial charge in [-0.25, -0.2) is 13.2 Å². The van der Waals surface area contributed by atoms with Crippen molar-refractivity contribution in [1.82, 2.24) is 0 Å². The molecule has 3 aromatic carbocycles. The summed E-state index contributed by atoms with van der Waals surface area (Å²) < 4.78 is 39.4. The minimum atomic E-state index is -3.99. The molecule has 1 unspecified atom stereocenters. The number of esters is 1. The number of para-hydroxylation sites is 3. The predicted molar refractivity (Wildman–Crippen MR) is 134 cm³/mol. The van der Waals surface area contributed by atoms with Crippen molar-refractivity contribution in [3.63, 3.8) is 0 Å². The van der Waals surface area contributed by atoms with E-state index in [4.69, 9.17) is 9.47 Å². The van der Waals surface area contributed by atoms with Gasteiger partial charge in [-0.2, -0.15) is 0 Å². The maximum atomic E-state index is 13.2. The van der Waals surface area contributed by atoms with E-state index in [1.54, 1.807) is 62.4 Å². The Morgan fingerprint density at radius 3 is 2.09 bits per heavy atom. The van der Waals surface area contributed by atoms with E-state index in [1.807, 2.05) is 6.92 Å². The van der Waals surface area contributed by atoms with Crippen LogP contribution in [0.2, 0.25) is 0 Å². The van der Waals surface area contributed by atoms with Crippen LogP contribution in [0.5, 0.6) is 5.75 Å². The van der Waals surface area contributed by atoms with E-state index < -0.39 is 28.0 Å². The van der Waals surface area contributed by atoms with E-state index in [9.17, 15) is 18.0 Å². The summed E-state index contributed by atoms with van der Waals surface area (Å²) in [6.07, 6.45) is -1.15. The van der Waals surface area contributed by atoms with Crippen LogP contribution in [0, 0.1) is 20.8 Å². The molecule has 35 heavy (non-hydrogen) atoms. The average molecular weight is 497 g/mol. The molecule has 0 heterocycles. The molecule has 8 nitrogen and oxygen atoms in total. The first-order chi connectivity index (χ1) is 16.5. The van der Waals surface area contributed by atoms with Crippen molar-refractivity contribution in [3.8, 4) is 5.75 Å². The highest BCUT2D eigenvalue weighted by Crippen LogP contribution is 2.27. The van der Waals surface area contributed by atoms with Crippen LogP contribution < -0.4 is 14.8 Å². The zero-order valence-electron chi connectivity index (χ0n) is 20.2. The van der Waals surface area contributed by atoms with E-state index in [0.29, 0.717) is 22.6 Å². The van der Waals surface area contributed by atoms with Gasteiger partial charge in [0.25, 0.3) is 15.9 Å². The van der Waals surface area contributed by atoms with Crippen LogP contribution in [-0.4, -0.2) is 33.5 Å². The number of nitrogens with one attached hydrogen (secondary N) is 2. The zero-order valence-corrected chi connectivity index (χ0v) is 21.0. The largest absolute Gasteiger partial charge is 0.495 e. The van der Waals surface area contributed by atoms with Crippen LogP contribution in [0.3, 0.4) is 0 Å². The summed E-state index contributed by atoms with van der Waals surface area (Å²) in [6.45, 7) is 6.75. The Morgan fingerprint density at radius 2 is 1.46 bits per heavy atom. The van der Waals surface area contributed by atoms with Crippen molar-refractivity contribution in [2.45, 2.75) is 38.7 Å². The summed E-state index contributed by atoms with van der Waals surface area (Å²) in [4.78, 5) is 25.6. The third-order valence-electron chi connectivity index (χ3n) is 5.28. The van der Waals surface area contributed by atoms with Gasteiger partial charge in [-0.1, -0.05) is 42.0 Å². The lowest BCUT2D eigenvalue weighted by atomic mass is 10.1. The van der Waals surface area contributed by atoms with Gasteiger partial charge in [0.1, 0.15) is 5.75 Å². The molecule has 0 aromatic heterocycles. The number of sulfonamides is 1. The number of carbonyl (C=O) groups is 2. The van der Waals surface area contributed by atoms with Crippen molar-refractivity contribution in [1.29, 1.82) is 0 Å². The first-order valence-electron chi connectivity index (χ1n) is 10.9. The Bertz CT molecular complexity index is 1340. The molecule has 0 spiro atoms. The minimum Gasteiger partial charge on any atom is -0.495 e. The van der Waals surface area contributed by atoms with Gasteiger partial charge >= 0.3 is 5.97 Å². The molecule has 0 aliphatic heterocycles. The Morgan fingerprint density at radius 1 is 0.886 bits per heavy atom. The molecule has 3 rings (SSSR count). The molecule has 0 radical (unpaired) electrons. The molecule has 0 bridgehead atoms. The Balaban J connectivity index is 1.80. The molecule has 9 heteroatoms. The lowest BCUT2D eigenvalue weighted by Gasteiger charge is -2.18. The molecule has 0 fully saturated rings. The standard InChI is InChI=1S/C26H28N2O6S/c1-16-14-17(2)24(18(3)15-16)35(31,32)28-21-11-7-6-10-20(21)26(30)34-19(4)25(29)27-22-12-8-9-13-23(22)33-5/h6-15,19,28H,1-5H3,(H,27,29). The normalized spacial score (nSPS) is 11.9. The van der Waals surface area contributed by atoms with Gasteiger partial charge < -0.3 is 14.8 Å². The monoisotopic (exact) mass is 496 g/mol. The number of rotatable bonds is 8. The Kier molecular flexibility index (Phi) is 7.81. The number of amides is 1. The van der Waals surface area contributed by atoms with E-state index in [-0.39, 0.29) is 16.1 Å². The number of anilines is 2. The van der Waals surface area contributed by atoms with Crippen LogP contribution in [0.4, 0.5) is 11.4 Å². The Labute approximate surface area is 205 Å². The number of aryl methyl sites for hydroxylation is 3. The van der Waals surface area contributed by atoms with Gasteiger partial charge in [-0.3, -0.25) is 9.52 Å². The number of methoxy groups -OCH3 is 1. The number of carbonyl (C=O) groups excluding carboxylic acids is 2. The average Bonchev–Trinajstić information content (AvgIpc) is 2.78. The van der Waals surface area contributed by atoms with Crippen LogP contribution in [0.25, 0.3) is 0 Å². The fourth-order valence-corrected chi connectivity index (χ4v) is 5.33. The van der Waals surface area contributed by atoms with E-state index in [0.717, 1.165) is 5.56 Å². The van der Waals surface area contributed by atoms with E-state index in [2.05, 4.69) is 10.0 Å². The molecular weight excluding hydrogens is 468 g/mol. The second kappa shape index (κ2) is 10.6. The first-order valence-corrected chi connectivity index (χ1v) is 12.4. The number of ether oxygens (including phenoxy) is 2. The Hall–Kier alpha value is -3.85. The van der Waals surface area contributed by atoms with Crippen molar-refractivity contribution in [2.24, 2.45) is 0 Å². The van der Waals surface area contributed by atoms with Gasteiger partial charge in [0.15, 0.2) is 6.10 Å². The summed E-state index contributed by atoms with van der Waals surface area (Å²) in [5.74, 6) is -0.948. The lowest BCUT2D eigenvalue weighted by Crippen LogP contribution is -2.30. The van der Waals surface area contributed by atoms with Gasteiger partial charge in [0, 0.05) is 0 Å². The summed E-state index contributed by atoms with van der Waals surface area (Å²) in [5.41, 5.74) is 2.60.